The van der Waals surface area contributed by atoms with Crippen LogP contribution in [0.2, 0.25) is 0 Å². The van der Waals surface area contributed by atoms with Crippen LogP contribution < -0.4 is 0 Å². The first-order valence-electron chi connectivity index (χ1n) is 9.85. The Balaban J connectivity index is 2.07. The van der Waals surface area contributed by atoms with Gasteiger partial charge >= 0.3 is 0 Å². The minimum atomic E-state index is -1.69. The monoisotopic (exact) mass is 446 g/mol. The Morgan fingerprint density at radius 2 is 0.758 bits per heavy atom. The van der Waals surface area contributed by atoms with Gasteiger partial charge in [-0.05, 0) is 34.4 Å². The maximum atomic E-state index is 10.9. The number of hydrogen-bond acceptors (Lipinski definition) is 8. The van der Waals surface area contributed by atoms with Crippen molar-refractivity contribution in [1.82, 2.24) is 0 Å². The number of benzene rings is 4. The Morgan fingerprint density at radius 1 is 0.394 bits per heavy atom. The molecule has 4 aromatic carbocycles. The maximum Gasteiger partial charge on any atom is 0.204 e. The van der Waals surface area contributed by atoms with Crippen molar-refractivity contribution in [2.24, 2.45) is 0 Å². The van der Waals surface area contributed by atoms with Gasteiger partial charge in [-0.1, -0.05) is 48.5 Å². The first kappa shape index (κ1) is 20.2. The van der Waals surface area contributed by atoms with Gasteiger partial charge in [0.1, 0.15) is 0 Å². The van der Waals surface area contributed by atoms with Crippen molar-refractivity contribution < 1.29 is 40.9 Å². The Labute approximate surface area is 186 Å². The molecule has 1 aliphatic carbocycles. The lowest BCUT2D eigenvalue weighted by Crippen LogP contribution is -2.29. The van der Waals surface area contributed by atoms with Gasteiger partial charge in [-0.25, -0.2) is 0 Å². The van der Waals surface area contributed by atoms with E-state index in [2.05, 4.69) is 0 Å². The van der Waals surface area contributed by atoms with Gasteiger partial charge in [0.25, 0.3) is 0 Å². The first-order valence-corrected chi connectivity index (χ1v) is 9.85. The van der Waals surface area contributed by atoms with E-state index in [0.717, 1.165) is 12.1 Å². The third-order valence-electron chi connectivity index (χ3n) is 6.22. The van der Waals surface area contributed by atoms with Crippen LogP contribution in [-0.2, 0) is 5.41 Å². The molecular weight excluding hydrogens is 428 g/mol. The normalized spacial score (nSPS) is 13.5. The molecule has 4 aromatic rings. The summed E-state index contributed by atoms with van der Waals surface area (Å²) in [5, 5.41) is 83.1. The standard InChI is InChI=1S/C25H18O8/c26-17-9-15(19(28)23(32)21(17)30)25(16-10-18(27)22(31)24(33)20(16)29)13-7-3-1-5-11(13)12-6-2-4-8-14(12)25/h1-10,26-33H. The molecule has 0 aromatic heterocycles. The molecule has 33 heavy (non-hydrogen) atoms. The van der Waals surface area contributed by atoms with E-state index in [0.29, 0.717) is 22.3 Å². The summed E-state index contributed by atoms with van der Waals surface area (Å²) < 4.78 is 0. The van der Waals surface area contributed by atoms with Crippen molar-refractivity contribution in [3.05, 3.63) is 82.9 Å². The van der Waals surface area contributed by atoms with Crippen LogP contribution >= 0.6 is 0 Å². The molecule has 0 aliphatic heterocycles. The van der Waals surface area contributed by atoms with Crippen LogP contribution in [0, 0.1) is 0 Å². The van der Waals surface area contributed by atoms with Crippen LogP contribution in [0.3, 0.4) is 0 Å². The van der Waals surface area contributed by atoms with Gasteiger partial charge in [0.05, 0.1) is 5.41 Å². The molecule has 0 saturated heterocycles. The SMILES string of the molecule is Oc1cc(C2(c3cc(O)c(O)c(O)c3O)c3ccccc3-c3ccccc32)c(O)c(O)c1O. The number of aromatic hydroxyl groups is 8. The largest absolute Gasteiger partial charge is 0.504 e. The molecule has 166 valence electrons. The van der Waals surface area contributed by atoms with Gasteiger partial charge in [-0.2, -0.15) is 0 Å². The lowest BCUT2D eigenvalue weighted by Gasteiger charge is -2.35. The molecule has 0 spiro atoms. The molecule has 0 radical (unpaired) electrons. The maximum absolute atomic E-state index is 10.9. The van der Waals surface area contributed by atoms with Gasteiger partial charge in [-0.3, -0.25) is 0 Å². The zero-order valence-corrected chi connectivity index (χ0v) is 16.9. The first-order chi connectivity index (χ1) is 15.7. The van der Waals surface area contributed by atoms with E-state index in [9.17, 15) is 40.9 Å². The topological polar surface area (TPSA) is 162 Å². The fourth-order valence-corrected chi connectivity index (χ4v) is 4.80. The lowest BCUT2D eigenvalue weighted by atomic mass is 9.66. The zero-order chi connectivity index (χ0) is 23.7. The van der Waals surface area contributed by atoms with Gasteiger partial charge < -0.3 is 40.9 Å². The van der Waals surface area contributed by atoms with Crippen LogP contribution in [0.5, 0.6) is 46.0 Å². The molecule has 0 unspecified atom stereocenters. The highest BCUT2D eigenvalue weighted by Gasteiger charge is 2.50. The highest BCUT2D eigenvalue weighted by Crippen LogP contribution is 2.63. The second-order valence-electron chi connectivity index (χ2n) is 7.82. The number of fused-ring (bicyclic) bond motifs is 3. The van der Waals surface area contributed by atoms with Crippen molar-refractivity contribution in [2.45, 2.75) is 5.41 Å². The van der Waals surface area contributed by atoms with Crippen LogP contribution in [0.25, 0.3) is 11.1 Å². The lowest BCUT2D eigenvalue weighted by molar-refractivity contribution is 0.336. The summed E-state index contributed by atoms with van der Waals surface area (Å²) in [7, 11) is 0. The number of hydrogen-bond donors (Lipinski definition) is 8. The van der Waals surface area contributed by atoms with Gasteiger partial charge in [-0.15, -0.1) is 0 Å². The summed E-state index contributed by atoms with van der Waals surface area (Å²) in [5.74, 6) is -6.91. The molecule has 0 saturated carbocycles. The Kier molecular flexibility index (Phi) is 4.06. The predicted molar refractivity (Wildman–Crippen MR) is 117 cm³/mol. The van der Waals surface area contributed by atoms with E-state index >= 15 is 0 Å². The second-order valence-corrected chi connectivity index (χ2v) is 7.82. The number of phenols is 8. The quantitative estimate of drug-likeness (QED) is 0.150. The van der Waals surface area contributed by atoms with Gasteiger partial charge in [0, 0.05) is 11.1 Å². The summed E-state index contributed by atoms with van der Waals surface area (Å²) in [6.07, 6.45) is 0. The minimum Gasteiger partial charge on any atom is -0.504 e. The Morgan fingerprint density at radius 3 is 1.15 bits per heavy atom. The molecule has 0 bridgehead atoms. The van der Waals surface area contributed by atoms with Crippen LogP contribution in [0.4, 0.5) is 0 Å². The molecule has 0 atom stereocenters. The van der Waals surface area contributed by atoms with Gasteiger partial charge in [0.2, 0.25) is 23.0 Å². The molecule has 8 N–H and O–H groups in total. The summed E-state index contributed by atoms with van der Waals surface area (Å²) in [6, 6.07) is 16.0. The molecule has 8 nitrogen and oxygen atoms in total. The van der Waals surface area contributed by atoms with Crippen molar-refractivity contribution in [1.29, 1.82) is 0 Å². The van der Waals surface area contributed by atoms with Crippen LogP contribution in [0.15, 0.2) is 60.7 Å². The molecular formula is C25H18O8. The second kappa shape index (κ2) is 6.64. The molecule has 5 rings (SSSR count). The van der Waals surface area contributed by atoms with Gasteiger partial charge in [0.15, 0.2) is 23.0 Å². The molecule has 0 heterocycles. The van der Waals surface area contributed by atoms with Crippen molar-refractivity contribution in [3.8, 4) is 57.1 Å². The highest BCUT2D eigenvalue weighted by atomic mass is 16.4. The molecule has 1 aliphatic rings. The van der Waals surface area contributed by atoms with E-state index in [1.807, 2.05) is 0 Å². The molecule has 0 fully saturated rings. The van der Waals surface area contributed by atoms with E-state index in [-0.39, 0.29) is 11.1 Å². The fraction of sp³-hybridized carbons (Fsp3) is 0.0400. The smallest absolute Gasteiger partial charge is 0.204 e. The Hall–Kier alpha value is -4.72. The summed E-state index contributed by atoms with van der Waals surface area (Å²) in [6.45, 7) is 0. The van der Waals surface area contributed by atoms with Crippen molar-refractivity contribution in [2.75, 3.05) is 0 Å². The molecule has 0 amide bonds. The minimum absolute atomic E-state index is 0.146. The van der Waals surface area contributed by atoms with E-state index in [4.69, 9.17) is 0 Å². The fourth-order valence-electron chi connectivity index (χ4n) is 4.80. The van der Waals surface area contributed by atoms with Crippen LogP contribution in [-0.4, -0.2) is 40.9 Å². The van der Waals surface area contributed by atoms with Crippen molar-refractivity contribution in [3.63, 3.8) is 0 Å². The average molecular weight is 446 g/mol. The van der Waals surface area contributed by atoms with Crippen LogP contribution in [0.1, 0.15) is 22.3 Å². The Bertz CT molecular complexity index is 1350. The summed E-state index contributed by atoms with van der Waals surface area (Å²) in [4.78, 5) is 0. The van der Waals surface area contributed by atoms with E-state index in [1.54, 1.807) is 48.5 Å². The third-order valence-corrected chi connectivity index (χ3v) is 6.22. The highest BCUT2D eigenvalue weighted by molar-refractivity contribution is 5.89. The van der Waals surface area contributed by atoms with E-state index in [1.165, 1.54) is 0 Å². The van der Waals surface area contributed by atoms with E-state index < -0.39 is 51.4 Å². The summed E-state index contributed by atoms with van der Waals surface area (Å²) in [5.41, 5.74) is 0.348. The zero-order valence-electron chi connectivity index (χ0n) is 16.9. The number of rotatable bonds is 2. The molecule has 8 heteroatoms. The third kappa shape index (κ3) is 2.40. The number of phenolic OH excluding ortho intramolecular Hbond substituents is 8. The average Bonchev–Trinajstić information content (AvgIpc) is 3.12. The summed E-state index contributed by atoms with van der Waals surface area (Å²) >= 11 is 0. The predicted octanol–water partition coefficient (Wildman–Crippen LogP) is 3.69. The van der Waals surface area contributed by atoms with Crippen molar-refractivity contribution >= 4 is 0 Å².